The van der Waals surface area contributed by atoms with Crippen molar-refractivity contribution in [3.05, 3.63) is 35.3 Å². The van der Waals surface area contributed by atoms with E-state index in [2.05, 4.69) is 4.98 Å². The molecule has 5 nitrogen and oxygen atoms in total. The fourth-order valence-electron chi connectivity index (χ4n) is 1.68. The zero-order chi connectivity index (χ0) is 14.5. The number of likely N-dealkylation sites (N-methyl/N-ethyl adjacent to an activating group) is 1. The van der Waals surface area contributed by atoms with Gasteiger partial charge in [0, 0.05) is 19.2 Å². The summed E-state index contributed by atoms with van der Waals surface area (Å²) in [7, 11) is 3.28. The van der Waals surface area contributed by atoms with Crippen LogP contribution in [0.15, 0.2) is 30.5 Å². The minimum Gasteiger partial charge on any atom is -0.497 e. The maximum Gasteiger partial charge on any atom is 0.265 e. The summed E-state index contributed by atoms with van der Waals surface area (Å²) in [5, 5.41) is 9.63. The van der Waals surface area contributed by atoms with Gasteiger partial charge < -0.3 is 14.7 Å². The standard InChI is InChI=1S/C14H16N2O3S/c1-16(7-8-17)14(18)12-9-15-13(20-12)10-3-5-11(19-2)6-4-10/h3-6,9,17H,7-8H2,1-2H3. The lowest BCUT2D eigenvalue weighted by molar-refractivity contribution is 0.0771. The van der Waals surface area contributed by atoms with E-state index < -0.39 is 0 Å². The highest BCUT2D eigenvalue weighted by atomic mass is 32.1. The summed E-state index contributed by atoms with van der Waals surface area (Å²) >= 11 is 1.34. The van der Waals surface area contributed by atoms with Crippen molar-refractivity contribution < 1.29 is 14.6 Å². The van der Waals surface area contributed by atoms with Crippen LogP contribution in [0, 0.1) is 0 Å². The second-order valence-electron chi connectivity index (χ2n) is 4.21. The molecule has 2 rings (SSSR count). The molecular formula is C14H16N2O3S. The number of rotatable bonds is 5. The normalized spacial score (nSPS) is 10.3. The Morgan fingerprint density at radius 1 is 1.40 bits per heavy atom. The van der Waals surface area contributed by atoms with Gasteiger partial charge in [0.25, 0.3) is 5.91 Å². The number of hydrogen-bond acceptors (Lipinski definition) is 5. The highest BCUT2D eigenvalue weighted by Gasteiger charge is 2.15. The van der Waals surface area contributed by atoms with Crippen LogP contribution in [0.1, 0.15) is 9.67 Å². The summed E-state index contributed by atoms with van der Waals surface area (Å²) < 4.78 is 5.11. The highest BCUT2D eigenvalue weighted by Crippen LogP contribution is 2.27. The second kappa shape index (κ2) is 6.49. The number of aliphatic hydroxyl groups excluding tert-OH is 1. The van der Waals surface area contributed by atoms with Crippen LogP contribution >= 0.6 is 11.3 Å². The van der Waals surface area contributed by atoms with Crippen LogP contribution in [0.4, 0.5) is 0 Å². The monoisotopic (exact) mass is 292 g/mol. The van der Waals surface area contributed by atoms with Gasteiger partial charge in [0.05, 0.1) is 19.9 Å². The molecule has 0 atom stereocenters. The Hall–Kier alpha value is -1.92. The predicted octanol–water partition coefficient (Wildman–Crippen LogP) is 1.88. The topological polar surface area (TPSA) is 62.7 Å². The van der Waals surface area contributed by atoms with E-state index in [9.17, 15) is 4.79 Å². The smallest absolute Gasteiger partial charge is 0.265 e. The zero-order valence-corrected chi connectivity index (χ0v) is 12.2. The first-order valence-electron chi connectivity index (χ1n) is 6.12. The van der Waals surface area contributed by atoms with Crippen molar-refractivity contribution in [2.24, 2.45) is 0 Å². The summed E-state index contributed by atoms with van der Waals surface area (Å²) in [6.45, 7) is 0.265. The van der Waals surface area contributed by atoms with Crippen molar-refractivity contribution in [3.63, 3.8) is 0 Å². The molecule has 1 N–H and O–H groups in total. The van der Waals surface area contributed by atoms with E-state index in [1.54, 1.807) is 20.4 Å². The molecule has 0 bridgehead atoms. The van der Waals surface area contributed by atoms with Crippen LogP contribution in [-0.4, -0.2) is 48.2 Å². The Kier molecular flexibility index (Phi) is 4.70. The van der Waals surface area contributed by atoms with Gasteiger partial charge in [0.15, 0.2) is 0 Å². The maximum absolute atomic E-state index is 12.0. The van der Waals surface area contributed by atoms with Gasteiger partial charge in [-0.15, -0.1) is 11.3 Å². The molecule has 1 heterocycles. The lowest BCUT2D eigenvalue weighted by Crippen LogP contribution is -2.28. The molecule has 1 aromatic carbocycles. The van der Waals surface area contributed by atoms with Crippen LogP contribution < -0.4 is 4.74 Å². The van der Waals surface area contributed by atoms with E-state index >= 15 is 0 Å². The van der Waals surface area contributed by atoms with Gasteiger partial charge in [-0.3, -0.25) is 4.79 Å². The summed E-state index contributed by atoms with van der Waals surface area (Å²) in [6, 6.07) is 7.53. The first-order valence-corrected chi connectivity index (χ1v) is 6.94. The van der Waals surface area contributed by atoms with E-state index in [1.165, 1.54) is 16.2 Å². The highest BCUT2D eigenvalue weighted by molar-refractivity contribution is 7.16. The Balaban J connectivity index is 2.17. The molecule has 6 heteroatoms. The van der Waals surface area contributed by atoms with Gasteiger partial charge in [-0.05, 0) is 24.3 Å². The summed E-state index contributed by atoms with van der Waals surface area (Å²) in [5.41, 5.74) is 0.944. The third-order valence-corrected chi connectivity index (χ3v) is 3.87. The van der Waals surface area contributed by atoms with Gasteiger partial charge >= 0.3 is 0 Å². The van der Waals surface area contributed by atoms with Crippen molar-refractivity contribution >= 4 is 17.2 Å². The lowest BCUT2D eigenvalue weighted by atomic mass is 10.2. The van der Waals surface area contributed by atoms with Crippen LogP contribution in [-0.2, 0) is 0 Å². The van der Waals surface area contributed by atoms with Gasteiger partial charge in [-0.25, -0.2) is 4.98 Å². The number of aromatic nitrogens is 1. The largest absolute Gasteiger partial charge is 0.497 e. The Morgan fingerprint density at radius 2 is 2.10 bits per heavy atom. The number of thiazole rings is 1. The number of amides is 1. The minimum atomic E-state index is -0.128. The molecule has 0 saturated carbocycles. The van der Waals surface area contributed by atoms with Crippen molar-refractivity contribution in [2.45, 2.75) is 0 Å². The molecular weight excluding hydrogens is 276 g/mol. The first-order chi connectivity index (χ1) is 9.65. The number of carbonyl (C=O) groups is 1. The van der Waals surface area contributed by atoms with Crippen LogP contribution in [0.3, 0.4) is 0 Å². The van der Waals surface area contributed by atoms with E-state index in [0.717, 1.165) is 16.3 Å². The van der Waals surface area contributed by atoms with Crippen molar-refractivity contribution in [1.29, 1.82) is 0 Å². The van der Waals surface area contributed by atoms with Gasteiger partial charge in [-0.1, -0.05) is 0 Å². The molecule has 0 aliphatic carbocycles. The molecule has 0 aliphatic rings. The molecule has 2 aromatic rings. The van der Waals surface area contributed by atoms with Crippen LogP contribution in [0.25, 0.3) is 10.6 Å². The van der Waals surface area contributed by atoms with E-state index in [-0.39, 0.29) is 12.5 Å². The SMILES string of the molecule is COc1ccc(-c2ncc(C(=O)N(C)CCO)s2)cc1. The predicted molar refractivity (Wildman–Crippen MR) is 78.1 cm³/mol. The molecule has 1 amide bonds. The van der Waals surface area contributed by atoms with E-state index in [1.807, 2.05) is 24.3 Å². The fourth-order valence-corrected chi connectivity index (χ4v) is 2.60. The van der Waals surface area contributed by atoms with Gasteiger partial charge in [0.2, 0.25) is 0 Å². The third-order valence-electron chi connectivity index (χ3n) is 2.84. The molecule has 106 valence electrons. The fraction of sp³-hybridized carbons (Fsp3) is 0.286. The zero-order valence-electron chi connectivity index (χ0n) is 11.4. The Morgan fingerprint density at radius 3 is 2.70 bits per heavy atom. The number of carbonyl (C=O) groups excluding carboxylic acids is 1. The van der Waals surface area contributed by atoms with Crippen LogP contribution in [0.5, 0.6) is 5.75 Å². The van der Waals surface area contributed by atoms with Gasteiger partial charge in [-0.2, -0.15) is 0 Å². The molecule has 0 fully saturated rings. The summed E-state index contributed by atoms with van der Waals surface area (Å²) in [5.74, 6) is 0.653. The number of nitrogens with zero attached hydrogens (tertiary/aromatic N) is 2. The average molecular weight is 292 g/mol. The van der Waals surface area contributed by atoms with E-state index in [0.29, 0.717) is 11.4 Å². The van der Waals surface area contributed by atoms with Crippen molar-refractivity contribution in [1.82, 2.24) is 9.88 Å². The van der Waals surface area contributed by atoms with Crippen molar-refractivity contribution in [3.8, 4) is 16.3 Å². The Labute approximate surface area is 121 Å². The molecule has 0 unspecified atom stereocenters. The Bertz CT molecular complexity index is 580. The molecule has 20 heavy (non-hydrogen) atoms. The number of methoxy groups -OCH3 is 1. The molecule has 0 radical (unpaired) electrons. The lowest BCUT2D eigenvalue weighted by Gasteiger charge is -2.13. The average Bonchev–Trinajstić information content (AvgIpc) is 2.96. The van der Waals surface area contributed by atoms with Crippen LogP contribution in [0.2, 0.25) is 0 Å². The molecule has 1 aromatic heterocycles. The summed E-state index contributed by atoms with van der Waals surface area (Å²) in [6.07, 6.45) is 1.57. The molecule has 0 saturated heterocycles. The third kappa shape index (κ3) is 3.15. The number of hydrogen-bond donors (Lipinski definition) is 1. The summed E-state index contributed by atoms with van der Waals surface area (Å²) in [4.78, 5) is 18.4. The number of ether oxygens (including phenoxy) is 1. The quantitative estimate of drug-likeness (QED) is 0.914. The van der Waals surface area contributed by atoms with Crippen molar-refractivity contribution in [2.75, 3.05) is 27.3 Å². The number of aliphatic hydroxyl groups is 1. The van der Waals surface area contributed by atoms with E-state index in [4.69, 9.17) is 9.84 Å². The van der Waals surface area contributed by atoms with Gasteiger partial charge in [0.1, 0.15) is 15.6 Å². The minimum absolute atomic E-state index is 0.0492. The number of benzene rings is 1. The molecule has 0 spiro atoms. The second-order valence-corrected chi connectivity index (χ2v) is 5.24. The molecule has 0 aliphatic heterocycles. The first kappa shape index (κ1) is 14.5. The maximum atomic E-state index is 12.0.